The minimum atomic E-state index is -0.352. The first-order chi connectivity index (χ1) is 64.8. The van der Waals surface area contributed by atoms with Gasteiger partial charge in [-0.1, -0.05) is 262 Å². The Bertz CT molecular complexity index is 6470. The van der Waals surface area contributed by atoms with Crippen LogP contribution >= 0.6 is 23.4 Å². The zero-order chi connectivity index (χ0) is 90.1. The molecule has 26 heteroatoms. The average molecular weight is 1780 g/mol. The number of nitrogens with one attached hydrogen (secondary N) is 1. The van der Waals surface area contributed by atoms with Gasteiger partial charge in [-0.2, -0.15) is 5.21 Å². The summed E-state index contributed by atoms with van der Waals surface area (Å²) in [4.78, 5) is 18.0. The van der Waals surface area contributed by atoms with Crippen molar-refractivity contribution in [2.24, 2.45) is 0 Å². The lowest BCUT2D eigenvalue weighted by Crippen LogP contribution is -2.47. The number of halogens is 1. The second-order valence-electron chi connectivity index (χ2n) is 34.2. The number of tetrazole rings is 1. The third kappa shape index (κ3) is 22.2. The summed E-state index contributed by atoms with van der Waals surface area (Å²) < 4.78 is 36.9. The zero-order valence-electron chi connectivity index (χ0n) is 74.8. The first-order valence-electron chi connectivity index (χ1n) is 45.7. The number of ether oxygens (including phenoxy) is 2. The number of aromatic nitrogens is 7. The maximum Gasteiger partial charge on any atom is 0.328 e. The van der Waals surface area contributed by atoms with Crippen LogP contribution in [0.25, 0.3) is 28.0 Å². The Balaban J connectivity index is 0.000000107. The van der Waals surface area contributed by atoms with Crippen LogP contribution in [0.15, 0.2) is 338 Å². The second-order valence-corrected chi connectivity index (χ2v) is 35.7. The Kier molecular flexibility index (Phi) is 29.4. The molecule has 1 fully saturated rings. The molecular weight excluding hydrogens is 1670 g/mol. The summed E-state index contributed by atoms with van der Waals surface area (Å²) >= 11 is 8.03. The minimum absolute atomic E-state index is 0.0600. The van der Waals surface area contributed by atoms with Crippen molar-refractivity contribution in [3.8, 4) is 34.3 Å². The summed E-state index contributed by atoms with van der Waals surface area (Å²) in [6.45, 7) is 17.3. The molecule has 3 aromatic heterocycles. The highest BCUT2D eigenvalue weighted by Crippen LogP contribution is 2.39. The molecule has 132 heavy (non-hydrogen) atoms. The van der Waals surface area contributed by atoms with Crippen molar-refractivity contribution in [1.82, 2.24) is 35.2 Å². The maximum absolute atomic E-state index is 10.3. The molecule has 0 aliphatic carbocycles. The number of rotatable bonds is 19. The van der Waals surface area contributed by atoms with Gasteiger partial charge < -0.3 is 57.4 Å². The van der Waals surface area contributed by atoms with E-state index in [0.29, 0.717) is 25.6 Å². The Morgan fingerprint density at radius 3 is 1.59 bits per heavy atom. The van der Waals surface area contributed by atoms with Gasteiger partial charge in [0.2, 0.25) is 11.8 Å². The smallest absolute Gasteiger partial charge is 0.328 e. The number of hydrogen-bond donors (Lipinski definition) is 3. The van der Waals surface area contributed by atoms with Gasteiger partial charge in [0, 0.05) is 101 Å². The number of nitrogens with zero attached hydrogens (tertiary/aromatic N) is 9. The van der Waals surface area contributed by atoms with Crippen LogP contribution in [0.3, 0.4) is 0 Å². The predicted octanol–water partition coefficient (Wildman–Crippen LogP) is 17.5. The molecule has 0 radical (unpaired) electrons. The lowest BCUT2D eigenvalue weighted by molar-refractivity contribution is 0.308. The molecule has 23 rings (SSSR count). The van der Waals surface area contributed by atoms with E-state index in [-0.39, 0.29) is 41.5 Å². The molecule has 0 unspecified atom stereocenters. The van der Waals surface area contributed by atoms with E-state index in [4.69, 9.17) is 39.7 Å². The monoisotopic (exact) mass is 1780 g/mol. The Morgan fingerprint density at radius 2 is 0.977 bits per heavy atom. The number of piperazine rings is 1. The second kappa shape index (κ2) is 43.1. The van der Waals surface area contributed by atoms with Crippen molar-refractivity contribution in [3.63, 3.8) is 0 Å². The van der Waals surface area contributed by atoms with Crippen LogP contribution in [0.5, 0.6) is 17.2 Å². The van der Waals surface area contributed by atoms with E-state index in [2.05, 4.69) is 295 Å². The molecule has 16 aromatic rings. The van der Waals surface area contributed by atoms with Crippen molar-refractivity contribution >= 4 is 126 Å². The van der Waals surface area contributed by atoms with Gasteiger partial charge in [0.25, 0.3) is 0 Å². The summed E-state index contributed by atoms with van der Waals surface area (Å²) in [5.41, 5.74) is 27.0. The van der Waals surface area contributed by atoms with E-state index in [1.54, 1.807) is 24.2 Å². The fourth-order valence-electron chi connectivity index (χ4n) is 18.2. The fraction of sp³-hybridized carbons (Fsp3) is 0.198. The molecule has 3 N–H and O–H groups in total. The topological polar surface area (TPSA) is 191 Å². The molecule has 18 nitrogen and oxygen atoms in total. The number of aryl methyl sites for hydroxylation is 4. The lowest BCUT2D eigenvalue weighted by atomic mass is 9.63. The largest absolute Gasteiger partial charge is 0.489 e. The molecule has 10 heterocycles. The molecule has 7 aliphatic rings. The van der Waals surface area contributed by atoms with Gasteiger partial charge in [-0.15, -0.1) is 10.2 Å². The van der Waals surface area contributed by atoms with Crippen molar-refractivity contribution in [2.75, 3.05) is 40.9 Å². The van der Waals surface area contributed by atoms with E-state index in [1.165, 1.54) is 98.8 Å². The van der Waals surface area contributed by atoms with E-state index in [1.807, 2.05) is 97.8 Å². The molecule has 0 spiro atoms. The van der Waals surface area contributed by atoms with Gasteiger partial charge in [0.05, 0.1) is 31.9 Å². The quantitative estimate of drug-likeness (QED) is 0.0647. The van der Waals surface area contributed by atoms with Crippen LogP contribution in [0.2, 0.25) is 45.0 Å². The van der Waals surface area contributed by atoms with Crippen LogP contribution in [0, 0.1) is 0 Å². The van der Waals surface area contributed by atoms with Crippen LogP contribution in [-0.4, -0.2) is 113 Å². The highest BCUT2D eigenvalue weighted by Gasteiger charge is 2.33. The highest BCUT2D eigenvalue weighted by atomic mass is 35.5. The maximum atomic E-state index is 10.3. The van der Waals surface area contributed by atoms with E-state index < -0.39 is 0 Å². The summed E-state index contributed by atoms with van der Waals surface area (Å²) in [6.07, 6.45) is 11.6. The fourth-order valence-corrected chi connectivity index (χ4v) is 19.3. The average Bonchev–Trinajstić information content (AvgIpc) is 1.61. The van der Waals surface area contributed by atoms with Gasteiger partial charge in [0.15, 0.2) is 0 Å². The van der Waals surface area contributed by atoms with Gasteiger partial charge in [0.1, 0.15) is 23.9 Å². The van der Waals surface area contributed by atoms with Crippen LogP contribution < -0.4 is 57.0 Å². The highest BCUT2D eigenvalue weighted by molar-refractivity contribution is 7.99. The van der Waals surface area contributed by atoms with Gasteiger partial charge in [-0.25, -0.2) is 9.97 Å². The Labute approximate surface area is 784 Å². The number of anilines is 3. The Hall–Kier alpha value is -12.7. The molecule has 13 aromatic carbocycles. The summed E-state index contributed by atoms with van der Waals surface area (Å²) in [5, 5.41) is 36.1. The third-order valence-electron chi connectivity index (χ3n) is 25.4. The van der Waals surface area contributed by atoms with E-state index in [9.17, 15) is 10.0 Å². The van der Waals surface area contributed by atoms with Crippen LogP contribution in [0.1, 0.15) is 61.2 Å². The van der Waals surface area contributed by atoms with Crippen molar-refractivity contribution < 1.29 is 38.1 Å². The Morgan fingerprint density at radius 1 is 0.455 bits per heavy atom. The predicted molar refractivity (Wildman–Crippen MR) is 541 cm³/mol. The first kappa shape index (κ1) is 89.9. The van der Waals surface area contributed by atoms with Crippen molar-refractivity contribution in [2.45, 2.75) is 122 Å². The molecular formula is C106H103B6ClN10O8S. The summed E-state index contributed by atoms with van der Waals surface area (Å²) in [6, 6.07) is 107. The standard InChI is InChI=1S/C22H17BClNOS.C22H22BNO.C16H19BN4O.C16H17BO.C15H13BN4O2.C15H15BO2/c24-16-7-9-21-19(12-16)22(27-18-4-2-1-3-5-18)14-25(21)17-8-6-15-10-11-23(26)20(15)13-17;1-23-22-14-21(13-12-20(22)17-25-23)24(15-18-8-4-2-5-9-18)16-19-10-6-3-7-11-19;22-17-5-4-13-2-3-14(12-15(13)17)20-8-10-21(11-9-20)16-18-6-1-7-19-16;1-17-16-11-14(9-10-15(16)12-18-17)8-7-13-5-3-2-4-6-13;1-16-14-11(9-21-16)3-2-4-13(14)22-12-7-5-10(6-8-12)15-17-19-20-18-15;1-16-15-13(11-18-16)8-5-9-14(15)17-10-12-6-3-2-4-7-12/h1-9,12-14,26H,10-11H2;2-14H,15-17H2,1H3;1-3,6-7,12,22H,4-5,8-11H2;2-6,9-11H,7-8,12H2,1H3;2-8H,9H2,1H3,(H,17,18,19,20);2-9H,10-11H2,1H3. The number of benzene rings is 13. The van der Waals surface area contributed by atoms with Crippen molar-refractivity contribution in [1.29, 1.82) is 0 Å². The summed E-state index contributed by atoms with van der Waals surface area (Å²) in [5.74, 6) is 3.93. The van der Waals surface area contributed by atoms with Crippen molar-refractivity contribution in [3.05, 3.63) is 394 Å². The molecule has 0 amide bonds. The minimum Gasteiger partial charge on any atom is -0.489 e. The number of fused-ring (bicyclic) bond motifs is 7. The number of H-pyrrole nitrogens is 1. The van der Waals surface area contributed by atoms with Gasteiger partial charge >= 0.3 is 41.5 Å². The number of aromatic amines is 1. The normalized spacial score (nSPS) is 14.1. The van der Waals surface area contributed by atoms with Crippen LogP contribution in [-0.2, 0) is 90.4 Å². The molecule has 656 valence electrons. The first-order valence-corrected chi connectivity index (χ1v) is 46.9. The number of hydrogen-bond acceptors (Lipinski definition) is 17. The van der Waals surface area contributed by atoms with Gasteiger partial charge in [-0.3, -0.25) is 0 Å². The SMILES string of the molecule is CB1OCc2ccc(CCc3ccccc3)cc21.CB1OCc2ccc(N(Cc3ccccc3)Cc3ccccc3)cc21.CB1OCc2cccc(OCc3ccccc3)c21.CB1OCc2cccc(Oc3ccc(-c4nn[nH]n4)cc3)c21.OB1CCc2ccc(-n3cc(Sc4ccccc4)c4cc(Cl)ccc43)cc21.OB1CCc2ccc(N3CCN(c4ncccn4)CC3)cc21. The molecule has 0 atom stereocenters. The molecule has 1 saturated heterocycles. The molecule has 0 saturated carbocycles. The zero-order valence-corrected chi connectivity index (χ0v) is 76.4. The molecule has 7 aliphatic heterocycles. The van der Waals surface area contributed by atoms with Crippen LogP contribution in [0.4, 0.5) is 17.3 Å². The lowest BCUT2D eigenvalue weighted by Gasteiger charge is -2.36. The summed E-state index contributed by atoms with van der Waals surface area (Å²) in [7, 11) is 0. The van der Waals surface area contributed by atoms with Gasteiger partial charge in [-0.05, 0) is 236 Å². The molecule has 0 bridgehead atoms. The van der Waals surface area contributed by atoms with E-state index >= 15 is 0 Å². The third-order valence-corrected chi connectivity index (χ3v) is 26.7. The van der Waals surface area contributed by atoms with E-state index in [0.717, 1.165) is 158 Å².